The summed E-state index contributed by atoms with van der Waals surface area (Å²) in [7, 11) is 0. The zero-order valence-corrected chi connectivity index (χ0v) is 18.1. The highest BCUT2D eigenvalue weighted by Gasteiger charge is 2.47. The van der Waals surface area contributed by atoms with E-state index in [0.29, 0.717) is 18.4 Å². The molecule has 1 aliphatic heterocycles. The summed E-state index contributed by atoms with van der Waals surface area (Å²) in [4.78, 5) is 53.4. The van der Waals surface area contributed by atoms with E-state index in [1.54, 1.807) is 0 Å². The van der Waals surface area contributed by atoms with Gasteiger partial charge in [0.1, 0.15) is 11.6 Å². The van der Waals surface area contributed by atoms with E-state index in [1.807, 2.05) is 0 Å². The van der Waals surface area contributed by atoms with Crippen molar-refractivity contribution in [2.24, 2.45) is 5.92 Å². The summed E-state index contributed by atoms with van der Waals surface area (Å²) in [6.45, 7) is 0.230. The fraction of sp³-hybridized carbons (Fsp3) is 0.333. The second-order valence-electron chi connectivity index (χ2n) is 8.40. The van der Waals surface area contributed by atoms with Crippen LogP contribution in [0.15, 0.2) is 48.5 Å². The van der Waals surface area contributed by atoms with Gasteiger partial charge in [0.05, 0.1) is 12.5 Å². The van der Waals surface area contributed by atoms with Crippen molar-refractivity contribution in [2.75, 3.05) is 13.1 Å². The van der Waals surface area contributed by atoms with E-state index in [2.05, 4.69) is 5.32 Å². The molecule has 2 aromatic carbocycles. The normalized spacial score (nSPS) is 18.5. The molecule has 2 N–H and O–H groups in total. The molecule has 0 radical (unpaired) electrons. The van der Waals surface area contributed by atoms with Crippen molar-refractivity contribution < 1.29 is 33.1 Å². The van der Waals surface area contributed by atoms with Gasteiger partial charge in [-0.05, 0) is 54.8 Å². The van der Waals surface area contributed by atoms with Gasteiger partial charge in [0, 0.05) is 24.6 Å². The molecule has 1 aliphatic carbocycles. The molecule has 2 aliphatic rings. The lowest BCUT2D eigenvalue weighted by molar-refractivity contribution is -0.143. The summed E-state index contributed by atoms with van der Waals surface area (Å²) >= 11 is 0. The number of rotatable bonds is 7. The van der Waals surface area contributed by atoms with Gasteiger partial charge in [-0.3, -0.25) is 19.2 Å². The number of nitrogens with zero attached hydrogens (tertiary/aromatic N) is 2. The maximum atomic E-state index is 13.4. The lowest BCUT2D eigenvalue weighted by Crippen LogP contribution is -2.54. The molecule has 3 amide bonds. The first-order valence-corrected chi connectivity index (χ1v) is 10.9. The number of carbonyl (C=O) groups excluding carboxylic acids is 3. The van der Waals surface area contributed by atoms with Gasteiger partial charge in [0.15, 0.2) is 6.17 Å². The number of nitrogens with one attached hydrogen (secondary N) is 1. The lowest BCUT2D eigenvalue weighted by atomic mass is 10.0. The van der Waals surface area contributed by atoms with Gasteiger partial charge in [0.2, 0.25) is 5.91 Å². The van der Waals surface area contributed by atoms with Crippen LogP contribution in [-0.2, 0) is 14.4 Å². The molecule has 4 rings (SSSR count). The van der Waals surface area contributed by atoms with Gasteiger partial charge in [0.25, 0.3) is 11.8 Å². The first-order valence-electron chi connectivity index (χ1n) is 10.9. The summed E-state index contributed by atoms with van der Waals surface area (Å²) in [6, 6.07) is 8.88. The molecule has 8 nitrogen and oxygen atoms in total. The Hall–Kier alpha value is -3.82. The van der Waals surface area contributed by atoms with E-state index in [-0.39, 0.29) is 30.5 Å². The Morgan fingerprint density at radius 3 is 2.03 bits per heavy atom. The maximum absolute atomic E-state index is 13.4. The van der Waals surface area contributed by atoms with E-state index >= 15 is 0 Å². The Morgan fingerprint density at radius 1 is 0.912 bits per heavy atom. The molecule has 0 aromatic heterocycles. The SMILES string of the molecule is O=C(O)CC(NC(=O)C1N(C(=O)c2ccc(F)cc2)CCN1C(=O)C1CC1)c1ccc(F)cc1. The minimum Gasteiger partial charge on any atom is -0.481 e. The van der Waals surface area contributed by atoms with Crippen LogP contribution in [-0.4, -0.2) is 57.9 Å². The summed E-state index contributed by atoms with van der Waals surface area (Å²) in [5.74, 6) is -3.95. The molecular weight excluding hydrogens is 448 g/mol. The fourth-order valence-electron chi connectivity index (χ4n) is 4.05. The molecule has 2 atom stereocenters. The van der Waals surface area contributed by atoms with Crippen molar-refractivity contribution in [1.82, 2.24) is 15.1 Å². The highest BCUT2D eigenvalue weighted by atomic mass is 19.1. The molecule has 10 heteroatoms. The van der Waals surface area contributed by atoms with E-state index in [4.69, 9.17) is 0 Å². The Bertz CT molecular complexity index is 1100. The van der Waals surface area contributed by atoms with Gasteiger partial charge in [-0.1, -0.05) is 12.1 Å². The van der Waals surface area contributed by atoms with Crippen LogP contribution in [0.25, 0.3) is 0 Å². The molecule has 178 valence electrons. The van der Waals surface area contributed by atoms with Crippen molar-refractivity contribution in [1.29, 1.82) is 0 Å². The van der Waals surface area contributed by atoms with Crippen molar-refractivity contribution in [3.8, 4) is 0 Å². The molecule has 1 saturated heterocycles. The van der Waals surface area contributed by atoms with Gasteiger partial charge >= 0.3 is 5.97 Å². The molecule has 0 bridgehead atoms. The highest BCUT2D eigenvalue weighted by molar-refractivity contribution is 5.99. The summed E-state index contributed by atoms with van der Waals surface area (Å²) in [6.07, 6.45) is -0.367. The van der Waals surface area contributed by atoms with Gasteiger partial charge in [-0.2, -0.15) is 0 Å². The van der Waals surface area contributed by atoms with E-state index < -0.39 is 48.0 Å². The number of carbonyl (C=O) groups is 4. The van der Waals surface area contributed by atoms with Gasteiger partial charge in [-0.25, -0.2) is 8.78 Å². The Balaban J connectivity index is 1.61. The van der Waals surface area contributed by atoms with Crippen molar-refractivity contribution >= 4 is 23.7 Å². The van der Waals surface area contributed by atoms with Crippen LogP contribution in [0, 0.1) is 17.6 Å². The van der Waals surface area contributed by atoms with E-state index in [9.17, 15) is 33.1 Å². The number of carboxylic acids is 1. The van der Waals surface area contributed by atoms with Crippen LogP contribution < -0.4 is 5.32 Å². The van der Waals surface area contributed by atoms with E-state index in [1.165, 1.54) is 34.1 Å². The van der Waals surface area contributed by atoms with Crippen LogP contribution in [0.2, 0.25) is 0 Å². The predicted molar refractivity (Wildman–Crippen MR) is 115 cm³/mol. The van der Waals surface area contributed by atoms with Crippen LogP contribution in [0.5, 0.6) is 0 Å². The molecule has 2 fully saturated rings. The number of amides is 3. The monoisotopic (exact) mass is 471 g/mol. The minimum absolute atomic E-state index is 0.0902. The zero-order valence-electron chi connectivity index (χ0n) is 18.1. The van der Waals surface area contributed by atoms with Crippen LogP contribution in [0.1, 0.15) is 41.2 Å². The molecule has 2 unspecified atom stereocenters. The highest BCUT2D eigenvalue weighted by Crippen LogP contribution is 2.33. The minimum atomic E-state index is -1.29. The fourth-order valence-corrected chi connectivity index (χ4v) is 4.05. The quantitative estimate of drug-likeness (QED) is 0.645. The first-order chi connectivity index (χ1) is 16.2. The van der Waals surface area contributed by atoms with Crippen LogP contribution in [0.3, 0.4) is 0 Å². The second kappa shape index (κ2) is 9.58. The van der Waals surface area contributed by atoms with Gasteiger partial charge in [-0.15, -0.1) is 0 Å². The summed E-state index contributed by atoms with van der Waals surface area (Å²) in [5, 5.41) is 12.0. The number of benzene rings is 2. The number of aliphatic carboxylic acids is 1. The first kappa shape index (κ1) is 23.3. The third kappa shape index (κ3) is 5.05. The smallest absolute Gasteiger partial charge is 0.305 e. The second-order valence-corrected chi connectivity index (χ2v) is 8.40. The average Bonchev–Trinajstić information content (AvgIpc) is 3.56. The van der Waals surface area contributed by atoms with Crippen molar-refractivity contribution in [2.45, 2.75) is 31.5 Å². The van der Waals surface area contributed by atoms with Crippen LogP contribution in [0.4, 0.5) is 8.78 Å². The summed E-state index contributed by atoms with van der Waals surface area (Å²) < 4.78 is 26.7. The number of halogens is 2. The van der Waals surface area contributed by atoms with Crippen molar-refractivity contribution in [3.05, 3.63) is 71.3 Å². The third-order valence-corrected chi connectivity index (χ3v) is 5.94. The Kier molecular flexibility index (Phi) is 6.58. The Morgan fingerprint density at radius 2 is 1.47 bits per heavy atom. The molecule has 1 saturated carbocycles. The molecule has 2 aromatic rings. The largest absolute Gasteiger partial charge is 0.481 e. The van der Waals surface area contributed by atoms with Crippen molar-refractivity contribution in [3.63, 3.8) is 0 Å². The third-order valence-electron chi connectivity index (χ3n) is 5.94. The van der Waals surface area contributed by atoms with Crippen LogP contribution >= 0.6 is 0 Å². The topological polar surface area (TPSA) is 107 Å². The number of hydrogen-bond donors (Lipinski definition) is 2. The standard InChI is InChI=1S/C24H23F2N3O5/c25-17-7-3-14(4-8-17)19(13-20(30)31)27-21(32)22-28(23(33)15-1-2-15)11-12-29(22)24(34)16-5-9-18(26)10-6-16/h3-10,15,19,22H,1-2,11-13H2,(H,27,32)(H,30,31). The van der Waals surface area contributed by atoms with Gasteiger partial charge < -0.3 is 20.2 Å². The molecular formula is C24H23F2N3O5. The average molecular weight is 471 g/mol. The molecule has 0 spiro atoms. The predicted octanol–water partition coefficient (Wildman–Crippen LogP) is 2.32. The molecule has 34 heavy (non-hydrogen) atoms. The number of carboxylic acid groups (broad SMARTS) is 1. The molecule has 1 heterocycles. The summed E-state index contributed by atoms with van der Waals surface area (Å²) in [5.41, 5.74) is 0.521. The zero-order chi connectivity index (χ0) is 24.4. The number of hydrogen-bond acceptors (Lipinski definition) is 4. The Labute approximate surface area is 194 Å². The maximum Gasteiger partial charge on any atom is 0.305 e. The van der Waals surface area contributed by atoms with E-state index in [0.717, 1.165) is 24.3 Å². The lowest BCUT2D eigenvalue weighted by Gasteiger charge is -2.31.